The van der Waals surface area contributed by atoms with Crippen molar-refractivity contribution < 1.29 is 14.3 Å². The van der Waals surface area contributed by atoms with Gasteiger partial charge in [0.25, 0.3) is 0 Å². The number of rotatable bonds is 8. The number of hydrogen-bond acceptors (Lipinski definition) is 6. The van der Waals surface area contributed by atoms with E-state index in [0.29, 0.717) is 35.1 Å². The molecule has 0 radical (unpaired) electrons. The molecule has 1 aliphatic rings. The number of pyridine rings is 1. The van der Waals surface area contributed by atoms with E-state index in [4.69, 9.17) is 4.42 Å². The molecule has 3 atom stereocenters. The van der Waals surface area contributed by atoms with E-state index < -0.39 is 6.23 Å². The molecular weight excluding hydrogens is 356 g/mol. The number of anilines is 1. The Morgan fingerprint density at radius 1 is 1.50 bits per heavy atom. The zero-order valence-electron chi connectivity index (χ0n) is 17.1. The number of nitrogens with one attached hydrogen (secondary N) is 2. The summed E-state index contributed by atoms with van der Waals surface area (Å²) in [6, 6.07) is 3.98. The number of aliphatic hydroxyl groups excluding tert-OH is 1. The first kappa shape index (κ1) is 20.8. The summed E-state index contributed by atoms with van der Waals surface area (Å²) in [6.45, 7) is 8.44. The lowest BCUT2D eigenvalue weighted by molar-refractivity contribution is -0.120. The summed E-state index contributed by atoms with van der Waals surface area (Å²) in [5.74, 6) is 0.653. The van der Waals surface area contributed by atoms with Gasteiger partial charge in [0.05, 0.1) is 0 Å². The molecule has 3 rings (SSSR count). The number of fused-ring (bicyclic) bond motifs is 1. The molecule has 2 aromatic heterocycles. The highest BCUT2D eigenvalue weighted by molar-refractivity contribution is 6.00. The molecule has 0 aromatic carbocycles. The molecule has 1 saturated heterocycles. The first-order valence-electron chi connectivity index (χ1n) is 10.3. The third kappa shape index (κ3) is 4.71. The number of furan rings is 1. The fourth-order valence-electron chi connectivity index (χ4n) is 3.98. The first-order valence-corrected chi connectivity index (χ1v) is 10.3. The largest absolute Gasteiger partial charge is 0.457 e. The van der Waals surface area contributed by atoms with Gasteiger partial charge >= 0.3 is 0 Å². The van der Waals surface area contributed by atoms with Crippen LogP contribution in [0.1, 0.15) is 45.3 Å². The Labute approximate surface area is 166 Å². The highest BCUT2D eigenvalue weighted by Crippen LogP contribution is 2.29. The summed E-state index contributed by atoms with van der Waals surface area (Å²) in [6.07, 6.45) is 4.83. The number of carbonyl (C=O) groups excluding carboxylic acids is 1. The molecule has 0 aliphatic carbocycles. The molecule has 3 heterocycles. The maximum absolute atomic E-state index is 12.8. The highest BCUT2D eigenvalue weighted by Gasteiger charge is 2.25. The van der Waals surface area contributed by atoms with Crippen molar-refractivity contribution in [1.29, 1.82) is 0 Å². The number of aryl methyl sites for hydroxylation is 1. The minimum absolute atomic E-state index is 0.0220. The summed E-state index contributed by atoms with van der Waals surface area (Å²) in [5.41, 5.74) is 2.06. The topological polar surface area (TPSA) is 90.6 Å². The number of β-amino-alcohol motifs (C(OH)–C–C–N with tert-alkyl or cyclic N) is 1. The summed E-state index contributed by atoms with van der Waals surface area (Å²) in [5, 5.41) is 16.4. The van der Waals surface area contributed by atoms with Crippen LogP contribution >= 0.6 is 0 Å². The van der Waals surface area contributed by atoms with Crippen LogP contribution in [0.15, 0.2) is 22.7 Å². The molecule has 154 valence electrons. The molecule has 0 bridgehead atoms. The van der Waals surface area contributed by atoms with Gasteiger partial charge in [0.15, 0.2) is 5.58 Å². The van der Waals surface area contributed by atoms with E-state index in [1.807, 2.05) is 26.0 Å². The van der Waals surface area contributed by atoms with E-state index in [1.165, 1.54) is 0 Å². The standard InChI is InChI=1S/C21H32N4O3/c1-4-16(8-5-7-14(2)25-12-11-22-13-18(25)26)21(27)24-19-15(3)28-17-9-6-10-23-20(17)19/h6,9-10,14,16,18,22,26H,4-5,7-8,11-13H2,1-3H3,(H,24,27)/t14?,16-,18?/m1/s1. The Kier molecular flexibility index (Phi) is 7.04. The van der Waals surface area contributed by atoms with Crippen molar-refractivity contribution in [3.8, 4) is 0 Å². The van der Waals surface area contributed by atoms with Crippen molar-refractivity contribution in [2.45, 2.75) is 58.7 Å². The predicted octanol–water partition coefficient (Wildman–Crippen LogP) is 2.88. The molecule has 1 amide bonds. The first-order chi connectivity index (χ1) is 13.5. The second-order valence-electron chi connectivity index (χ2n) is 7.68. The summed E-state index contributed by atoms with van der Waals surface area (Å²) in [7, 11) is 0. The van der Waals surface area contributed by atoms with Crippen LogP contribution in [0.25, 0.3) is 11.1 Å². The number of aromatic nitrogens is 1. The zero-order chi connectivity index (χ0) is 20.1. The normalized spacial score (nSPS) is 20.2. The molecule has 3 N–H and O–H groups in total. The van der Waals surface area contributed by atoms with Gasteiger partial charge in [0.2, 0.25) is 5.91 Å². The molecule has 28 heavy (non-hydrogen) atoms. The van der Waals surface area contributed by atoms with Crippen molar-refractivity contribution in [3.63, 3.8) is 0 Å². The molecule has 0 spiro atoms. The van der Waals surface area contributed by atoms with Crippen molar-refractivity contribution in [2.75, 3.05) is 25.0 Å². The van der Waals surface area contributed by atoms with Gasteiger partial charge < -0.3 is 20.2 Å². The Balaban J connectivity index is 1.54. The molecular formula is C21H32N4O3. The van der Waals surface area contributed by atoms with Crippen LogP contribution in [-0.2, 0) is 4.79 Å². The lowest BCUT2D eigenvalue weighted by atomic mass is 9.96. The van der Waals surface area contributed by atoms with Gasteiger partial charge in [-0.25, -0.2) is 0 Å². The van der Waals surface area contributed by atoms with Gasteiger partial charge in [-0.15, -0.1) is 0 Å². The van der Waals surface area contributed by atoms with E-state index in [9.17, 15) is 9.90 Å². The van der Waals surface area contributed by atoms with Crippen molar-refractivity contribution in [1.82, 2.24) is 15.2 Å². The van der Waals surface area contributed by atoms with Crippen LogP contribution in [0.2, 0.25) is 0 Å². The number of aliphatic hydroxyl groups is 1. The Morgan fingerprint density at radius 2 is 2.32 bits per heavy atom. The molecule has 2 aromatic rings. The SMILES string of the molecule is CC[C@H](CCCC(C)N1CCNCC1O)C(=O)Nc1c(C)oc2cccnc12. The fourth-order valence-corrected chi connectivity index (χ4v) is 3.98. The van der Waals surface area contributed by atoms with Crippen molar-refractivity contribution in [2.24, 2.45) is 5.92 Å². The molecule has 7 nitrogen and oxygen atoms in total. The Morgan fingerprint density at radius 3 is 3.07 bits per heavy atom. The monoisotopic (exact) mass is 388 g/mol. The van der Waals surface area contributed by atoms with Crippen LogP contribution in [-0.4, -0.2) is 52.8 Å². The van der Waals surface area contributed by atoms with Gasteiger partial charge in [-0.2, -0.15) is 0 Å². The van der Waals surface area contributed by atoms with Crippen LogP contribution in [0.5, 0.6) is 0 Å². The highest BCUT2D eigenvalue weighted by atomic mass is 16.3. The minimum Gasteiger partial charge on any atom is -0.457 e. The quantitative estimate of drug-likeness (QED) is 0.644. The van der Waals surface area contributed by atoms with E-state index >= 15 is 0 Å². The second-order valence-corrected chi connectivity index (χ2v) is 7.68. The smallest absolute Gasteiger partial charge is 0.227 e. The van der Waals surface area contributed by atoms with Crippen LogP contribution < -0.4 is 10.6 Å². The second kappa shape index (κ2) is 9.49. The average Bonchev–Trinajstić information content (AvgIpc) is 3.00. The maximum atomic E-state index is 12.8. The van der Waals surface area contributed by atoms with E-state index in [-0.39, 0.29) is 11.8 Å². The number of nitrogens with zero attached hydrogens (tertiary/aromatic N) is 2. The predicted molar refractivity (Wildman–Crippen MR) is 110 cm³/mol. The number of carbonyl (C=O) groups is 1. The van der Waals surface area contributed by atoms with E-state index in [2.05, 4.69) is 27.4 Å². The number of amides is 1. The van der Waals surface area contributed by atoms with Gasteiger partial charge in [-0.3, -0.25) is 14.7 Å². The van der Waals surface area contributed by atoms with Gasteiger partial charge in [-0.05, 0) is 45.2 Å². The third-order valence-corrected chi connectivity index (χ3v) is 5.73. The van der Waals surface area contributed by atoms with Crippen molar-refractivity contribution >= 4 is 22.7 Å². The zero-order valence-corrected chi connectivity index (χ0v) is 17.1. The van der Waals surface area contributed by atoms with Crippen LogP contribution in [0.4, 0.5) is 5.69 Å². The Bertz CT molecular complexity index is 791. The molecule has 1 aliphatic heterocycles. The lowest BCUT2D eigenvalue weighted by Crippen LogP contribution is -2.54. The number of piperazine rings is 1. The molecule has 1 fully saturated rings. The minimum atomic E-state index is -0.418. The van der Waals surface area contributed by atoms with Gasteiger partial charge in [0.1, 0.15) is 23.2 Å². The summed E-state index contributed by atoms with van der Waals surface area (Å²) in [4.78, 5) is 19.3. The van der Waals surface area contributed by atoms with Crippen molar-refractivity contribution in [3.05, 3.63) is 24.1 Å². The lowest BCUT2D eigenvalue weighted by Gasteiger charge is -2.37. The van der Waals surface area contributed by atoms with Crippen LogP contribution in [0, 0.1) is 12.8 Å². The third-order valence-electron chi connectivity index (χ3n) is 5.73. The van der Waals surface area contributed by atoms with Crippen LogP contribution in [0.3, 0.4) is 0 Å². The van der Waals surface area contributed by atoms with Gasteiger partial charge in [0, 0.05) is 37.8 Å². The molecule has 2 unspecified atom stereocenters. The van der Waals surface area contributed by atoms with E-state index in [1.54, 1.807) is 6.20 Å². The number of hydrogen-bond donors (Lipinski definition) is 3. The summed E-state index contributed by atoms with van der Waals surface area (Å²) >= 11 is 0. The summed E-state index contributed by atoms with van der Waals surface area (Å²) < 4.78 is 5.69. The average molecular weight is 389 g/mol. The van der Waals surface area contributed by atoms with E-state index in [0.717, 1.165) is 38.8 Å². The fraction of sp³-hybridized carbons (Fsp3) is 0.619. The molecule has 0 saturated carbocycles. The van der Waals surface area contributed by atoms with Gasteiger partial charge in [-0.1, -0.05) is 13.3 Å². The maximum Gasteiger partial charge on any atom is 0.227 e. The Hall–Kier alpha value is -1.96. The molecule has 7 heteroatoms.